The van der Waals surface area contributed by atoms with Crippen LogP contribution in [-0.4, -0.2) is 14.3 Å². The number of carboxylic acids is 1. The zero-order valence-corrected chi connectivity index (χ0v) is 12.0. The molecular formula is C13H10Br2O2. The molecule has 0 saturated carbocycles. The summed E-state index contributed by atoms with van der Waals surface area (Å²) < 4.78 is -0.557. The second kappa shape index (κ2) is 4.78. The molecule has 1 atom stereocenters. The van der Waals surface area contributed by atoms with Crippen LogP contribution in [0.2, 0.25) is 0 Å². The molecule has 17 heavy (non-hydrogen) atoms. The molecule has 0 amide bonds. The maximum absolute atomic E-state index is 11.3. The molecule has 0 aliphatic heterocycles. The van der Waals surface area contributed by atoms with Gasteiger partial charge in [0, 0.05) is 11.5 Å². The van der Waals surface area contributed by atoms with Crippen LogP contribution in [0.4, 0.5) is 0 Å². The number of carboxylic acid groups (broad SMARTS) is 1. The summed E-state index contributed by atoms with van der Waals surface area (Å²) in [7, 11) is 0. The normalized spacial score (nSPS) is 22.0. The Bertz CT molecular complexity index is 489. The van der Waals surface area contributed by atoms with Crippen LogP contribution in [-0.2, 0) is 4.79 Å². The summed E-state index contributed by atoms with van der Waals surface area (Å²) in [6, 6.07) is 9.60. The number of benzene rings is 1. The summed E-state index contributed by atoms with van der Waals surface area (Å²) in [5, 5.41) is 9.26. The third kappa shape index (κ3) is 2.87. The van der Waals surface area contributed by atoms with Crippen LogP contribution in [0.15, 0.2) is 54.1 Å². The van der Waals surface area contributed by atoms with Gasteiger partial charge in [-0.1, -0.05) is 74.3 Å². The molecule has 0 spiro atoms. The molecule has 1 aliphatic rings. The van der Waals surface area contributed by atoms with E-state index in [9.17, 15) is 9.90 Å². The van der Waals surface area contributed by atoms with Crippen molar-refractivity contribution in [3.63, 3.8) is 0 Å². The fourth-order valence-corrected chi connectivity index (χ4v) is 2.62. The smallest absolute Gasteiger partial charge is 0.332 e. The molecule has 0 aromatic heterocycles. The lowest BCUT2D eigenvalue weighted by Gasteiger charge is -2.23. The number of hydrogen-bond donors (Lipinski definition) is 1. The summed E-state index contributed by atoms with van der Waals surface area (Å²) in [6.45, 7) is 0. The first-order valence-electron chi connectivity index (χ1n) is 5.08. The molecule has 1 N–H and O–H groups in total. The largest absolute Gasteiger partial charge is 0.478 e. The number of alkyl halides is 2. The Labute approximate surface area is 116 Å². The lowest BCUT2D eigenvalue weighted by Crippen LogP contribution is -2.18. The standard InChI is InChI=1S/C13H10Br2O2/c14-13(15)7-6-10(11(8-13)12(16)17)9-4-2-1-3-5-9/h1-8,10H,(H,16,17). The van der Waals surface area contributed by atoms with Gasteiger partial charge < -0.3 is 5.11 Å². The molecule has 1 aromatic carbocycles. The predicted octanol–water partition coefficient (Wildman–Crippen LogP) is 3.84. The van der Waals surface area contributed by atoms with E-state index in [1.165, 1.54) is 0 Å². The van der Waals surface area contributed by atoms with Gasteiger partial charge >= 0.3 is 5.97 Å². The lowest BCUT2D eigenvalue weighted by atomic mass is 9.87. The van der Waals surface area contributed by atoms with Gasteiger partial charge in [0.25, 0.3) is 0 Å². The van der Waals surface area contributed by atoms with Crippen LogP contribution in [0.25, 0.3) is 0 Å². The van der Waals surface area contributed by atoms with E-state index in [-0.39, 0.29) is 5.92 Å². The highest BCUT2D eigenvalue weighted by atomic mass is 79.9. The second-order valence-electron chi connectivity index (χ2n) is 3.83. The molecule has 0 saturated heterocycles. The van der Waals surface area contributed by atoms with E-state index in [1.807, 2.05) is 42.5 Å². The summed E-state index contributed by atoms with van der Waals surface area (Å²) >= 11 is 6.78. The molecule has 2 rings (SSSR count). The van der Waals surface area contributed by atoms with Crippen LogP contribution in [0.5, 0.6) is 0 Å². The molecule has 1 unspecified atom stereocenters. The molecule has 0 bridgehead atoms. The summed E-state index contributed by atoms with van der Waals surface area (Å²) in [4.78, 5) is 11.3. The van der Waals surface area contributed by atoms with Crippen molar-refractivity contribution in [2.24, 2.45) is 0 Å². The van der Waals surface area contributed by atoms with Crippen molar-refractivity contribution in [2.75, 3.05) is 0 Å². The quantitative estimate of drug-likeness (QED) is 0.645. The van der Waals surface area contributed by atoms with E-state index < -0.39 is 9.20 Å². The molecule has 2 nitrogen and oxygen atoms in total. The van der Waals surface area contributed by atoms with Crippen LogP contribution < -0.4 is 0 Å². The third-order valence-corrected chi connectivity index (χ3v) is 3.59. The lowest BCUT2D eigenvalue weighted by molar-refractivity contribution is -0.132. The molecular weight excluding hydrogens is 348 g/mol. The maximum atomic E-state index is 11.3. The van der Waals surface area contributed by atoms with Gasteiger partial charge in [0.2, 0.25) is 0 Å². The maximum Gasteiger partial charge on any atom is 0.332 e. The molecule has 4 heteroatoms. The van der Waals surface area contributed by atoms with Crippen molar-refractivity contribution < 1.29 is 9.90 Å². The zero-order chi connectivity index (χ0) is 12.5. The summed E-state index contributed by atoms with van der Waals surface area (Å²) in [5.74, 6) is -1.09. The molecule has 1 aromatic rings. The first kappa shape index (κ1) is 12.6. The van der Waals surface area contributed by atoms with Crippen LogP contribution in [0.1, 0.15) is 11.5 Å². The van der Waals surface area contributed by atoms with Gasteiger partial charge in [-0.15, -0.1) is 0 Å². The van der Waals surface area contributed by atoms with E-state index >= 15 is 0 Å². The second-order valence-corrected chi connectivity index (χ2v) is 7.52. The van der Waals surface area contributed by atoms with Gasteiger partial charge in [-0.25, -0.2) is 4.79 Å². The molecule has 0 fully saturated rings. The minimum atomic E-state index is -0.897. The van der Waals surface area contributed by atoms with Crippen molar-refractivity contribution in [3.05, 3.63) is 59.7 Å². The van der Waals surface area contributed by atoms with Gasteiger partial charge in [0.15, 0.2) is 0 Å². The third-order valence-electron chi connectivity index (χ3n) is 2.60. The van der Waals surface area contributed by atoms with Gasteiger partial charge in [0.1, 0.15) is 3.23 Å². The Morgan fingerprint density at radius 2 is 1.88 bits per heavy atom. The fourth-order valence-electron chi connectivity index (χ4n) is 1.82. The SMILES string of the molecule is O=C(O)C1=CC(Br)(Br)C=CC1c1ccccc1. The predicted molar refractivity (Wildman–Crippen MR) is 74.6 cm³/mol. The number of rotatable bonds is 2. The van der Waals surface area contributed by atoms with Crippen molar-refractivity contribution in [1.29, 1.82) is 0 Å². The van der Waals surface area contributed by atoms with Gasteiger partial charge in [-0.3, -0.25) is 0 Å². The Balaban J connectivity index is 2.43. The Kier molecular flexibility index (Phi) is 3.54. The Morgan fingerprint density at radius 1 is 1.24 bits per heavy atom. The molecule has 0 heterocycles. The highest BCUT2D eigenvalue weighted by Crippen LogP contribution is 2.40. The molecule has 88 valence electrons. The molecule has 1 aliphatic carbocycles. The molecule has 0 radical (unpaired) electrons. The first-order chi connectivity index (χ1) is 7.99. The van der Waals surface area contributed by atoms with Crippen LogP contribution in [0.3, 0.4) is 0 Å². The van der Waals surface area contributed by atoms with Gasteiger partial charge in [-0.05, 0) is 11.6 Å². The van der Waals surface area contributed by atoms with Crippen LogP contribution in [0, 0.1) is 0 Å². The van der Waals surface area contributed by atoms with Crippen LogP contribution >= 0.6 is 31.9 Å². The summed E-state index contributed by atoms with van der Waals surface area (Å²) in [6.07, 6.45) is 5.46. The fraction of sp³-hybridized carbons (Fsp3) is 0.154. The van der Waals surface area contributed by atoms with Gasteiger partial charge in [0.05, 0.1) is 0 Å². The highest BCUT2D eigenvalue weighted by molar-refractivity contribution is 9.25. The number of halogens is 2. The van der Waals surface area contributed by atoms with E-state index in [0.29, 0.717) is 5.57 Å². The van der Waals surface area contributed by atoms with Crippen molar-refractivity contribution in [2.45, 2.75) is 9.15 Å². The Hall–Kier alpha value is -0.870. The van der Waals surface area contributed by atoms with Crippen molar-refractivity contribution in [3.8, 4) is 0 Å². The van der Waals surface area contributed by atoms with E-state index in [4.69, 9.17) is 0 Å². The minimum absolute atomic E-state index is 0.197. The number of aliphatic carboxylic acids is 1. The minimum Gasteiger partial charge on any atom is -0.478 e. The highest BCUT2D eigenvalue weighted by Gasteiger charge is 2.29. The van der Waals surface area contributed by atoms with Crippen molar-refractivity contribution >= 4 is 37.8 Å². The Morgan fingerprint density at radius 3 is 2.47 bits per heavy atom. The number of carbonyl (C=O) groups is 1. The number of allylic oxidation sites excluding steroid dienone is 3. The number of hydrogen-bond acceptors (Lipinski definition) is 1. The first-order valence-corrected chi connectivity index (χ1v) is 6.66. The average Bonchev–Trinajstić information content (AvgIpc) is 2.29. The van der Waals surface area contributed by atoms with Gasteiger partial charge in [-0.2, -0.15) is 0 Å². The monoisotopic (exact) mass is 356 g/mol. The summed E-state index contributed by atoms with van der Waals surface area (Å²) in [5.41, 5.74) is 1.35. The van der Waals surface area contributed by atoms with E-state index in [0.717, 1.165) is 5.56 Å². The van der Waals surface area contributed by atoms with E-state index in [2.05, 4.69) is 31.9 Å². The van der Waals surface area contributed by atoms with Crippen molar-refractivity contribution in [1.82, 2.24) is 0 Å². The average molecular weight is 358 g/mol. The topological polar surface area (TPSA) is 37.3 Å². The van der Waals surface area contributed by atoms with E-state index in [1.54, 1.807) is 6.08 Å². The zero-order valence-electron chi connectivity index (χ0n) is 8.81.